The average molecular weight is 370 g/mol. The third kappa shape index (κ3) is 4.78. The van der Waals surface area contributed by atoms with Gasteiger partial charge in [-0.05, 0) is 30.7 Å². The second kappa shape index (κ2) is 7.94. The number of ether oxygens (including phenoxy) is 3. The molecule has 1 N–H and O–H groups in total. The zero-order valence-corrected chi connectivity index (χ0v) is 14.3. The Bertz CT molecular complexity index is 794. The molecule has 2 aromatic rings. The molecular formula is C17H17F3N2O4. The van der Waals surface area contributed by atoms with Gasteiger partial charge in [0, 0.05) is 18.0 Å². The van der Waals surface area contributed by atoms with Gasteiger partial charge in [0.25, 0.3) is 5.91 Å². The van der Waals surface area contributed by atoms with Crippen LogP contribution in [0, 0.1) is 6.92 Å². The fourth-order valence-electron chi connectivity index (χ4n) is 2.13. The van der Waals surface area contributed by atoms with E-state index in [0.29, 0.717) is 22.7 Å². The van der Waals surface area contributed by atoms with Crippen LogP contribution in [0.2, 0.25) is 0 Å². The second-order valence-corrected chi connectivity index (χ2v) is 5.24. The molecule has 0 radical (unpaired) electrons. The number of rotatable bonds is 6. The molecule has 0 aliphatic rings. The molecule has 26 heavy (non-hydrogen) atoms. The van der Waals surface area contributed by atoms with E-state index in [-0.39, 0.29) is 5.56 Å². The number of carbonyl (C=O) groups excluding carboxylic acids is 1. The summed E-state index contributed by atoms with van der Waals surface area (Å²) in [5.74, 6) is -0.183. The van der Waals surface area contributed by atoms with E-state index in [1.807, 2.05) is 0 Å². The quantitative estimate of drug-likeness (QED) is 0.841. The van der Waals surface area contributed by atoms with Crippen molar-refractivity contribution >= 4 is 11.6 Å². The van der Waals surface area contributed by atoms with Gasteiger partial charge in [0.05, 0.1) is 14.2 Å². The van der Waals surface area contributed by atoms with Gasteiger partial charge in [0.1, 0.15) is 5.56 Å². The van der Waals surface area contributed by atoms with Gasteiger partial charge in [-0.15, -0.1) is 0 Å². The summed E-state index contributed by atoms with van der Waals surface area (Å²) in [6.45, 7) is 0.196. The fourth-order valence-corrected chi connectivity index (χ4v) is 2.13. The number of amides is 1. The van der Waals surface area contributed by atoms with Crippen LogP contribution in [0.3, 0.4) is 0 Å². The van der Waals surface area contributed by atoms with Crippen molar-refractivity contribution in [2.75, 3.05) is 26.1 Å². The molecule has 0 fully saturated rings. The van der Waals surface area contributed by atoms with E-state index in [0.717, 1.165) is 0 Å². The van der Waals surface area contributed by atoms with Crippen LogP contribution in [0.1, 0.15) is 15.9 Å². The van der Waals surface area contributed by atoms with Crippen LogP contribution in [0.4, 0.5) is 18.9 Å². The first-order chi connectivity index (χ1) is 12.2. The number of methoxy groups -OCH3 is 2. The molecule has 1 aromatic carbocycles. The molecule has 140 valence electrons. The highest BCUT2D eigenvalue weighted by atomic mass is 19.4. The summed E-state index contributed by atoms with van der Waals surface area (Å²) in [7, 11) is 2.93. The van der Waals surface area contributed by atoms with Crippen molar-refractivity contribution in [2.45, 2.75) is 13.1 Å². The lowest BCUT2D eigenvalue weighted by Crippen LogP contribution is -2.22. The standard InChI is InChI=1S/C17H17F3N2O4/c1-10-7-13(24-2)14(25-3)8-12(10)22-15(23)11-5-4-6-21-16(11)26-9-17(18,19)20/h4-8H,9H2,1-3H3,(H,22,23). The maximum absolute atomic E-state index is 12.5. The first-order valence-corrected chi connectivity index (χ1v) is 7.43. The molecule has 0 unspecified atom stereocenters. The van der Waals surface area contributed by atoms with Crippen molar-refractivity contribution in [1.29, 1.82) is 0 Å². The van der Waals surface area contributed by atoms with E-state index in [4.69, 9.17) is 9.47 Å². The third-order valence-corrected chi connectivity index (χ3v) is 3.37. The Hall–Kier alpha value is -2.97. The van der Waals surface area contributed by atoms with E-state index in [1.165, 1.54) is 32.5 Å². The maximum Gasteiger partial charge on any atom is 0.422 e. The zero-order valence-electron chi connectivity index (χ0n) is 14.3. The van der Waals surface area contributed by atoms with Crippen LogP contribution >= 0.6 is 0 Å². The van der Waals surface area contributed by atoms with Crippen LogP contribution in [-0.2, 0) is 0 Å². The Morgan fingerprint density at radius 1 is 1.19 bits per heavy atom. The number of pyridine rings is 1. The lowest BCUT2D eigenvalue weighted by Gasteiger charge is -2.15. The van der Waals surface area contributed by atoms with Crippen molar-refractivity contribution in [2.24, 2.45) is 0 Å². The molecule has 0 saturated heterocycles. The summed E-state index contributed by atoms with van der Waals surface area (Å²) < 4.78 is 52.0. The van der Waals surface area contributed by atoms with Gasteiger partial charge in [-0.2, -0.15) is 13.2 Å². The minimum atomic E-state index is -4.54. The average Bonchev–Trinajstić information content (AvgIpc) is 2.60. The van der Waals surface area contributed by atoms with E-state index in [9.17, 15) is 18.0 Å². The molecule has 9 heteroatoms. The lowest BCUT2D eigenvalue weighted by atomic mass is 10.1. The molecule has 2 rings (SSSR count). The molecule has 1 heterocycles. The third-order valence-electron chi connectivity index (χ3n) is 3.37. The second-order valence-electron chi connectivity index (χ2n) is 5.24. The minimum Gasteiger partial charge on any atom is -0.493 e. The number of anilines is 1. The van der Waals surface area contributed by atoms with Crippen LogP contribution in [0.15, 0.2) is 30.5 Å². The number of hydrogen-bond donors (Lipinski definition) is 1. The summed E-state index contributed by atoms with van der Waals surface area (Å²) in [6.07, 6.45) is -3.30. The molecule has 0 aliphatic heterocycles. The van der Waals surface area contributed by atoms with Gasteiger partial charge in [-0.25, -0.2) is 4.98 Å². The van der Waals surface area contributed by atoms with Gasteiger partial charge >= 0.3 is 6.18 Å². The van der Waals surface area contributed by atoms with Gasteiger partial charge in [-0.3, -0.25) is 4.79 Å². The van der Waals surface area contributed by atoms with Crippen molar-refractivity contribution < 1.29 is 32.2 Å². The monoisotopic (exact) mass is 370 g/mol. The molecule has 1 aromatic heterocycles. The first kappa shape index (κ1) is 19.4. The van der Waals surface area contributed by atoms with E-state index in [2.05, 4.69) is 15.0 Å². The highest BCUT2D eigenvalue weighted by molar-refractivity contribution is 6.06. The van der Waals surface area contributed by atoms with E-state index in [1.54, 1.807) is 19.1 Å². The Balaban J connectivity index is 2.26. The first-order valence-electron chi connectivity index (χ1n) is 7.43. The van der Waals surface area contributed by atoms with Gasteiger partial charge in [-0.1, -0.05) is 0 Å². The number of halogens is 3. The fraction of sp³-hybridized carbons (Fsp3) is 0.294. The highest BCUT2D eigenvalue weighted by Crippen LogP contribution is 2.33. The van der Waals surface area contributed by atoms with Crippen LogP contribution in [0.5, 0.6) is 17.4 Å². The van der Waals surface area contributed by atoms with Crippen LogP contribution < -0.4 is 19.5 Å². The van der Waals surface area contributed by atoms with Crippen molar-refractivity contribution in [1.82, 2.24) is 4.98 Å². The number of aryl methyl sites for hydroxylation is 1. The zero-order chi connectivity index (χ0) is 19.3. The number of nitrogens with one attached hydrogen (secondary N) is 1. The molecule has 1 amide bonds. The number of alkyl halides is 3. The predicted octanol–water partition coefficient (Wildman–Crippen LogP) is 3.60. The van der Waals surface area contributed by atoms with E-state index < -0.39 is 24.6 Å². The number of benzene rings is 1. The Kier molecular flexibility index (Phi) is 5.91. The van der Waals surface area contributed by atoms with E-state index >= 15 is 0 Å². The van der Waals surface area contributed by atoms with Crippen molar-refractivity contribution in [3.8, 4) is 17.4 Å². The summed E-state index contributed by atoms with van der Waals surface area (Å²) in [4.78, 5) is 16.2. The Labute approximate surface area is 147 Å². The summed E-state index contributed by atoms with van der Waals surface area (Å²) in [6, 6.07) is 5.97. The summed E-state index contributed by atoms with van der Waals surface area (Å²) in [5, 5.41) is 2.61. The van der Waals surface area contributed by atoms with Gasteiger partial charge in [0.15, 0.2) is 18.1 Å². The molecule has 0 aliphatic carbocycles. The van der Waals surface area contributed by atoms with Crippen molar-refractivity contribution in [3.63, 3.8) is 0 Å². The number of nitrogens with zero attached hydrogens (tertiary/aromatic N) is 1. The topological polar surface area (TPSA) is 69.7 Å². The summed E-state index contributed by atoms with van der Waals surface area (Å²) in [5.41, 5.74) is 0.974. The van der Waals surface area contributed by atoms with Crippen LogP contribution in [0.25, 0.3) is 0 Å². The predicted molar refractivity (Wildman–Crippen MR) is 88.0 cm³/mol. The molecule has 0 saturated carbocycles. The lowest BCUT2D eigenvalue weighted by molar-refractivity contribution is -0.154. The molecule has 6 nitrogen and oxygen atoms in total. The highest BCUT2D eigenvalue weighted by Gasteiger charge is 2.29. The molecule has 0 bridgehead atoms. The smallest absolute Gasteiger partial charge is 0.422 e. The maximum atomic E-state index is 12.5. The molecule has 0 spiro atoms. The minimum absolute atomic E-state index is 0.120. The Morgan fingerprint density at radius 2 is 1.85 bits per heavy atom. The van der Waals surface area contributed by atoms with Crippen molar-refractivity contribution in [3.05, 3.63) is 41.6 Å². The molecule has 0 atom stereocenters. The largest absolute Gasteiger partial charge is 0.493 e. The number of carbonyl (C=O) groups is 1. The summed E-state index contributed by atoms with van der Waals surface area (Å²) >= 11 is 0. The Morgan fingerprint density at radius 3 is 2.46 bits per heavy atom. The van der Waals surface area contributed by atoms with Crippen LogP contribution in [-0.4, -0.2) is 37.9 Å². The number of aromatic nitrogens is 1. The number of hydrogen-bond acceptors (Lipinski definition) is 5. The van der Waals surface area contributed by atoms with Gasteiger partial charge in [0.2, 0.25) is 5.88 Å². The normalized spacial score (nSPS) is 11.0. The van der Waals surface area contributed by atoms with Gasteiger partial charge < -0.3 is 19.5 Å². The SMILES string of the molecule is COc1cc(C)c(NC(=O)c2cccnc2OCC(F)(F)F)cc1OC. The molecular weight excluding hydrogens is 353 g/mol.